The Balaban J connectivity index is 2.17. The van der Waals surface area contributed by atoms with E-state index in [9.17, 15) is 10.1 Å². The van der Waals surface area contributed by atoms with Crippen LogP contribution in [0.4, 0.5) is 23.0 Å². The van der Waals surface area contributed by atoms with Gasteiger partial charge in [0.2, 0.25) is 5.82 Å². The number of fused-ring (bicyclic) bond motifs is 1. The first kappa shape index (κ1) is 13.3. The summed E-state index contributed by atoms with van der Waals surface area (Å²) in [5.74, 6) is 6.08. The number of nitro groups is 1. The van der Waals surface area contributed by atoms with Crippen LogP contribution in [0.5, 0.6) is 0 Å². The SMILES string of the molecule is CC1Cc2ccccc2N1c1nc(NN)ccc1[N+](=O)[O-]. The Hall–Kier alpha value is -2.67. The van der Waals surface area contributed by atoms with Crippen LogP contribution in [0.25, 0.3) is 0 Å². The van der Waals surface area contributed by atoms with Crippen LogP contribution >= 0.6 is 0 Å². The number of nitrogens with one attached hydrogen (secondary N) is 1. The average molecular weight is 285 g/mol. The lowest BCUT2D eigenvalue weighted by molar-refractivity contribution is -0.384. The van der Waals surface area contributed by atoms with Crippen molar-refractivity contribution in [3.8, 4) is 0 Å². The van der Waals surface area contributed by atoms with E-state index >= 15 is 0 Å². The van der Waals surface area contributed by atoms with Crippen LogP contribution in [0.2, 0.25) is 0 Å². The predicted molar refractivity (Wildman–Crippen MR) is 80.4 cm³/mol. The van der Waals surface area contributed by atoms with Crippen LogP contribution in [-0.2, 0) is 6.42 Å². The maximum Gasteiger partial charge on any atom is 0.312 e. The number of anilines is 3. The molecule has 1 unspecified atom stereocenters. The van der Waals surface area contributed by atoms with Gasteiger partial charge in [0.1, 0.15) is 5.82 Å². The quantitative estimate of drug-likeness (QED) is 0.510. The third-order valence-corrected chi connectivity index (χ3v) is 3.63. The Morgan fingerprint density at radius 1 is 1.38 bits per heavy atom. The number of aromatic nitrogens is 1. The molecular formula is C14H15N5O2. The molecule has 108 valence electrons. The molecule has 0 saturated carbocycles. The first-order chi connectivity index (χ1) is 10.1. The largest absolute Gasteiger partial charge is 0.317 e. The number of pyridine rings is 1. The standard InChI is InChI=1S/C14H15N5O2/c1-9-8-10-4-2-3-5-11(10)18(9)14-12(19(20)21)6-7-13(16-14)17-15/h2-7,9H,8,15H2,1H3,(H,16,17). The van der Waals surface area contributed by atoms with Gasteiger partial charge in [-0.3, -0.25) is 10.1 Å². The molecule has 1 atom stereocenters. The van der Waals surface area contributed by atoms with E-state index in [0.717, 1.165) is 17.7 Å². The molecule has 0 spiro atoms. The predicted octanol–water partition coefficient (Wildman–Crippen LogP) is 2.36. The van der Waals surface area contributed by atoms with Crippen LogP contribution in [0.3, 0.4) is 0 Å². The molecule has 0 fully saturated rings. The van der Waals surface area contributed by atoms with E-state index in [0.29, 0.717) is 11.6 Å². The first-order valence-corrected chi connectivity index (χ1v) is 6.61. The van der Waals surface area contributed by atoms with Crippen LogP contribution < -0.4 is 16.2 Å². The van der Waals surface area contributed by atoms with Crippen molar-refractivity contribution in [3.05, 3.63) is 52.1 Å². The summed E-state index contributed by atoms with van der Waals surface area (Å²) in [7, 11) is 0. The Morgan fingerprint density at radius 2 is 2.14 bits per heavy atom. The van der Waals surface area contributed by atoms with Crippen molar-refractivity contribution in [1.82, 2.24) is 4.98 Å². The van der Waals surface area contributed by atoms with Crippen molar-refractivity contribution in [1.29, 1.82) is 0 Å². The van der Waals surface area contributed by atoms with Crippen molar-refractivity contribution < 1.29 is 4.92 Å². The Kier molecular flexibility index (Phi) is 3.19. The summed E-state index contributed by atoms with van der Waals surface area (Å²) in [5, 5.41) is 11.3. The van der Waals surface area contributed by atoms with Gasteiger partial charge < -0.3 is 10.3 Å². The van der Waals surface area contributed by atoms with E-state index in [-0.39, 0.29) is 11.7 Å². The maximum absolute atomic E-state index is 11.3. The number of para-hydroxylation sites is 1. The van der Waals surface area contributed by atoms with Crippen LogP contribution in [-0.4, -0.2) is 15.9 Å². The third-order valence-electron chi connectivity index (χ3n) is 3.63. The summed E-state index contributed by atoms with van der Waals surface area (Å²) in [5.41, 5.74) is 4.52. The number of hydrogen-bond donors (Lipinski definition) is 2. The highest BCUT2D eigenvalue weighted by molar-refractivity contribution is 5.75. The molecule has 21 heavy (non-hydrogen) atoms. The summed E-state index contributed by atoms with van der Waals surface area (Å²) in [6.45, 7) is 2.02. The topological polar surface area (TPSA) is 97.3 Å². The molecule has 0 radical (unpaired) electrons. The van der Waals surface area contributed by atoms with E-state index in [1.165, 1.54) is 12.1 Å². The fourth-order valence-electron chi connectivity index (χ4n) is 2.73. The van der Waals surface area contributed by atoms with Gasteiger partial charge in [0, 0.05) is 17.8 Å². The number of hydrogen-bond acceptors (Lipinski definition) is 6. The van der Waals surface area contributed by atoms with Crippen LogP contribution in [0.1, 0.15) is 12.5 Å². The van der Waals surface area contributed by atoms with E-state index in [1.807, 2.05) is 36.1 Å². The molecule has 1 aliphatic rings. The Bertz CT molecular complexity index is 704. The molecule has 0 bridgehead atoms. The van der Waals surface area contributed by atoms with E-state index in [4.69, 9.17) is 5.84 Å². The van der Waals surface area contributed by atoms with Crippen LogP contribution in [0, 0.1) is 10.1 Å². The summed E-state index contributed by atoms with van der Waals surface area (Å²) in [4.78, 5) is 17.1. The zero-order chi connectivity index (χ0) is 15.0. The molecule has 0 aliphatic carbocycles. The lowest BCUT2D eigenvalue weighted by Gasteiger charge is -2.23. The number of rotatable bonds is 3. The van der Waals surface area contributed by atoms with Crippen LogP contribution in [0.15, 0.2) is 36.4 Å². The fraction of sp³-hybridized carbons (Fsp3) is 0.214. The number of hydrazine groups is 1. The summed E-state index contributed by atoms with van der Waals surface area (Å²) in [6, 6.07) is 10.9. The van der Waals surface area contributed by atoms with Gasteiger partial charge >= 0.3 is 5.69 Å². The third kappa shape index (κ3) is 2.17. The van der Waals surface area contributed by atoms with Crippen molar-refractivity contribution in [2.75, 3.05) is 10.3 Å². The zero-order valence-electron chi connectivity index (χ0n) is 11.5. The van der Waals surface area contributed by atoms with Gasteiger partial charge in [0.25, 0.3) is 0 Å². The first-order valence-electron chi connectivity index (χ1n) is 6.61. The van der Waals surface area contributed by atoms with E-state index < -0.39 is 4.92 Å². The van der Waals surface area contributed by atoms with Crippen molar-refractivity contribution in [2.24, 2.45) is 5.84 Å². The van der Waals surface area contributed by atoms with Gasteiger partial charge in [-0.05, 0) is 31.0 Å². The van der Waals surface area contributed by atoms with Gasteiger partial charge in [0.15, 0.2) is 0 Å². The number of benzene rings is 1. The average Bonchev–Trinajstić information content (AvgIpc) is 2.82. The van der Waals surface area contributed by atoms with E-state index in [1.54, 1.807) is 0 Å². The van der Waals surface area contributed by atoms with Gasteiger partial charge in [0.05, 0.1) is 4.92 Å². The number of nitrogen functional groups attached to an aromatic ring is 1. The van der Waals surface area contributed by atoms with E-state index in [2.05, 4.69) is 10.4 Å². The minimum atomic E-state index is -0.420. The Morgan fingerprint density at radius 3 is 2.86 bits per heavy atom. The van der Waals surface area contributed by atoms with Crippen molar-refractivity contribution in [3.63, 3.8) is 0 Å². The minimum Gasteiger partial charge on any atom is -0.317 e. The summed E-state index contributed by atoms with van der Waals surface area (Å²) < 4.78 is 0. The second-order valence-electron chi connectivity index (χ2n) is 4.99. The summed E-state index contributed by atoms with van der Waals surface area (Å²) >= 11 is 0. The molecule has 3 N–H and O–H groups in total. The second-order valence-corrected chi connectivity index (χ2v) is 4.99. The lowest BCUT2D eigenvalue weighted by atomic mass is 10.1. The number of nitrogens with two attached hydrogens (primary N) is 1. The normalized spacial score (nSPS) is 16.7. The Labute approximate surface area is 121 Å². The minimum absolute atomic E-state index is 0.0300. The highest BCUT2D eigenvalue weighted by atomic mass is 16.6. The van der Waals surface area contributed by atoms with Gasteiger partial charge in [-0.1, -0.05) is 18.2 Å². The molecule has 2 heterocycles. The molecule has 1 aromatic heterocycles. The fourth-order valence-corrected chi connectivity index (χ4v) is 2.73. The van der Waals surface area contributed by atoms with Gasteiger partial charge in [-0.25, -0.2) is 10.8 Å². The highest BCUT2D eigenvalue weighted by Gasteiger charge is 2.32. The molecule has 1 aromatic carbocycles. The van der Waals surface area contributed by atoms with Crippen molar-refractivity contribution in [2.45, 2.75) is 19.4 Å². The molecule has 0 amide bonds. The highest BCUT2D eigenvalue weighted by Crippen LogP contribution is 2.41. The molecule has 1 aliphatic heterocycles. The molecule has 7 nitrogen and oxygen atoms in total. The van der Waals surface area contributed by atoms with Gasteiger partial charge in [-0.15, -0.1) is 0 Å². The maximum atomic E-state index is 11.3. The molecule has 0 saturated heterocycles. The number of nitrogens with zero attached hydrogens (tertiary/aromatic N) is 3. The van der Waals surface area contributed by atoms with Gasteiger partial charge in [-0.2, -0.15) is 0 Å². The molecule has 3 rings (SSSR count). The lowest BCUT2D eigenvalue weighted by Crippen LogP contribution is -2.26. The summed E-state index contributed by atoms with van der Waals surface area (Å²) in [6.07, 6.45) is 0.829. The second kappa shape index (κ2) is 5.02. The smallest absolute Gasteiger partial charge is 0.312 e. The van der Waals surface area contributed by atoms with Crippen molar-refractivity contribution >= 4 is 23.0 Å². The monoisotopic (exact) mass is 285 g/mol. The zero-order valence-corrected chi connectivity index (χ0v) is 11.5. The molecular weight excluding hydrogens is 270 g/mol. The molecule has 7 heteroatoms. The molecule has 2 aromatic rings.